The van der Waals surface area contributed by atoms with Crippen LogP contribution in [-0.2, 0) is 95.6 Å². The number of sulfonamides is 2. The fourth-order valence-electron chi connectivity index (χ4n) is 15.3. The molecule has 4 saturated carbocycles. The number of carbonyl (C=O) groups excluding carboxylic acids is 10. The maximum absolute atomic E-state index is 14.5. The Bertz CT molecular complexity index is 4140. The molecular weight excluding hydrogens is 1400 g/mol. The average molecular weight is 1510 g/mol. The quantitative estimate of drug-likeness (QED) is 0.0820. The Balaban J connectivity index is 0.000000212. The van der Waals surface area contributed by atoms with Crippen LogP contribution in [0.25, 0.3) is 6.08 Å². The Labute approximate surface area is 621 Å². The molecule has 4 aliphatic carbocycles. The molecule has 578 valence electrons. The zero-order chi connectivity index (χ0) is 77.0. The van der Waals surface area contributed by atoms with Gasteiger partial charge in [0.2, 0.25) is 43.7 Å². The molecule has 106 heavy (non-hydrogen) atoms. The summed E-state index contributed by atoms with van der Waals surface area (Å²) in [5, 5.41) is 12.8. The first-order valence-electron chi connectivity index (χ1n) is 37.1. The van der Waals surface area contributed by atoms with Gasteiger partial charge in [-0.3, -0.25) is 48.0 Å². The normalized spacial score (nSPS) is 29.5. The zero-order valence-corrected chi connectivity index (χ0v) is 64.2. The molecule has 0 unspecified atom stereocenters. The van der Waals surface area contributed by atoms with Crippen LogP contribution in [0.4, 0.5) is 19.2 Å². The van der Waals surface area contributed by atoms with Crippen molar-refractivity contribution in [3.8, 4) is 0 Å². The molecule has 0 aromatic heterocycles. The lowest BCUT2D eigenvalue weighted by Crippen LogP contribution is -2.62. The van der Waals surface area contributed by atoms with Gasteiger partial charge in [-0.25, -0.2) is 36.0 Å². The van der Waals surface area contributed by atoms with Gasteiger partial charge in [-0.1, -0.05) is 123 Å². The summed E-state index contributed by atoms with van der Waals surface area (Å²) < 4.78 is 72.6. The van der Waals surface area contributed by atoms with Gasteiger partial charge in [-0.05, 0) is 141 Å². The molecule has 10 aliphatic rings. The number of hydrogen-bond acceptors (Lipinski definition) is 17. The standard InChI is InChI=1S/C38H52N6O8S.C38H53N5O9S/c1-7-25-19-38(25,33(47)42-53(50,51)27-15-16-27)40-31(45)29-18-26-21-44(29)32(46)30(36(2,3)4)39-34(48)41-37(5,6)17-10-8-9-12-23-13-11-14-24-20-43(22-28(23)24)35(49)52-26;1-7-25-18-38(25,33(46)41-53(49,50)27-14-15-27)40-31(44)29-17-26-20-43(29)32(45)30(36(2,3)4)39-34(47)51-22-37(5,6)16-9-8-11-23-12-10-13-24-19-42(21-28(23)24)35(48)52-26/h7,9,11-14,25-27,29-30H,1,8,10,15-22H2,2-6H3,(H,40,45)(H,42,47)(H2,39,41,48);7,10,12-13,25-27,29-30H,1,8-9,11,14-22H2,2-6H3,(H,39,47)(H,40,44)(H,41,46)/b12-9+;/t2*25-,26-,29+,30-,38-/m11/s1. The zero-order valence-electron chi connectivity index (χ0n) is 62.6. The van der Waals surface area contributed by atoms with Gasteiger partial charge in [0.25, 0.3) is 11.8 Å². The van der Waals surface area contributed by atoms with Gasteiger partial charge in [0, 0.05) is 49.9 Å². The van der Waals surface area contributed by atoms with E-state index in [4.69, 9.17) is 14.2 Å². The summed E-state index contributed by atoms with van der Waals surface area (Å²) in [6.45, 7) is 27.4. The van der Waals surface area contributed by atoms with Gasteiger partial charge in [0.15, 0.2) is 0 Å². The van der Waals surface area contributed by atoms with E-state index in [0.29, 0.717) is 58.3 Å². The van der Waals surface area contributed by atoms with Crippen LogP contribution in [0.1, 0.15) is 193 Å². The van der Waals surface area contributed by atoms with E-state index in [9.17, 15) is 64.8 Å². The number of aryl methyl sites for hydroxylation is 1. The number of fused-ring (bicyclic) bond motifs is 6. The van der Waals surface area contributed by atoms with Crippen molar-refractivity contribution < 1.29 is 79.0 Å². The van der Waals surface area contributed by atoms with E-state index in [0.717, 1.165) is 66.3 Å². The lowest BCUT2D eigenvalue weighted by molar-refractivity contribution is -0.143. The van der Waals surface area contributed by atoms with E-state index in [2.05, 4.69) is 67.4 Å². The van der Waals surface area contributed by atoms with Crippen LogP contribution in [0.3, 0.4) is 0 Å². The van der Waals surface area contributed by atoms with E-state index < -0.39 is 166 Å². The highest BCUT2D eigenvalue weighted by atomic mass is 32.2. The highest BCUT2D eigenvalue weighted by molar-refractivity contribution is 7.91. The largest absolute Gasteiger partial charge is 0.449 e. The van der Waals surface area contributed by atoms with E-state index in [1.54, 1.807) is 51.3 Å². The van der Waals surface area contributed by atoms with Gasteiger partial charge < -0.3 is 50.6 Å². The van der Waals surface area contributed by atoms with Crippen molar-refractivity contribution in [2.75, 3.05) is 19.7 Å². The third-order valence-corrected chi connectivity index (χ3v) is 25.8. The number of rotatable bonds is 12. The van der Waals surface area contributed by atoms with Crippen LogP contribution in [0.15, 0.2) is 67.8 Å². The topological polar surface area (TPSA) is 364 Å². The van der Waals surface area contributed by atoms with E-state index in [-0.39, 0.29) is 50.8 Å². The van der Waals surface area contributed by atoms with Crippen molar-refractivity contribution >= 4 is 85.9 Å². The number of cyclic esters (lactones) is 1. The monoisotopic (exact) mass is 1510 g/mol. The Morgan fingerprint density at radius 1 is 0.604 bits per heavy atom. The summed E-state index contributed by atoms with van der Waals surface area (Å²) >= 11 is 0. The molecular formula is C76H105N11O17S2. The number of allylic oxidation sites excluding steroid dienone is 1. The summed E-state index contributed by atoms with van der Waals surface area (Å²) in [6, 6.07) is 6.83. The molecule has 6 heterocycles. The number of amides is 11. The van der Waals surface area contributed by atoms with Crippen LogP contribution >= 0.6 is 0 Å². The summed E-state index contributed by atoms with van der Waals surface area (Å²) in [7, 11) is -7.82. The smallest absolute Gasteiger partial charge is 0.410 e. The second-order valence-electron chi connectivity index (χ2n) is 34.1. The number of carbonyl (C=O) groups is 10. The molecule has 0 radical (unpaired) electrons. The first-order valence-corrected chi connectivity index (χ1v) is 40.2. The molecule has 6 fully saturated rings. The highest BCUT2D eigenvalue weighted by Crippen LogP contribution is 2.48. The van der Waals surface area contributed by atoms with Crippen LogP contribution < -0.4 is 36.0 Å². The Morgan fingerprint density at radius 3 is 1.56 bits per heavy atom. The van der Waals surface area contributed by atoms with Crippen LogP contribution in [0.5, 0.6) is 0 Å². The SMILES string of the molecule is C=C[C@@H]1C[C@]1(NC(=O)[C@@H]1C[C@@H]2CN1C(=O)[C@H](C(C)(C)C)NC(=O)NC(C)(C)CCC/C=C/c1cccc3c1CN(C3)C(=O)O2)C(=O)NS(=O)(=O)C1CC1.C=C[C@@H]1C[C@]1(NC(=O)[C@@H]1C[C@@H]2CN1C(=O)[C@H](C(C)(C)C)NC(=O)OCC(C)(C)CCCCc1cccc3c1CN(C3)C(=O)O2)C(=O)NS(=O)(=O)C1CC1. The minimum atomic E-state index is -3.91. The first kappa shape index (κ1) is 78.5. The summed E-state index contributed by atoms with van der Waals surface area (Å²) in [5.41, 5.74) is 0.640. The third-order valence-electron chi connectivity index (χ3n) is 22.2. The second-order valence-corrected chi connectivity index (χ2v) is 38.0. The molecule has 7 N–H and O–H groups in total. The molecule has 8 bridgehead atoms. The Kier molecular flexibility index (Phi) is 22.2. The lowest BCUT2D eigenvalue weighted by atomic mass is 9.85. The van der Waals surface area contributed by atoms with Crippen molar-refractivity contribution in [2.24, 2.45) is 28.1 Å². The van der Waals surface area contributed by atoms with Crippen molar-refractivity contribution in [1.29, 1.82) is 0 Å². The molecule has 10 atom stereocenters. The first-order chi connectivity index (χ1) is 49.7. The predicted octanol–water partition coefficient (Wildman–Crippen LogP) is 7.14. The third kappa shape index (κ3) is 17.7. The van der Waals surface area contributed by atoms with Crippen molar-refractivity contribution in [1.82, 2.24) is 55.6 Å². The Morgan fingerprint density at radius 2 is 1.08 bits per heavy atom. The molecule has 28 nitrogen and oxygen atoms in total. The molecule has 0 spiro atoms. The van der Waals surface area contributed by atoms with E-state index in [1.165, 1.54) is 27.5 Å². The molecule has 2 aromatic rings. The number of nitrogens with one attached hydrogen (secondary N) is 7. The minimum Gasteiger partial charge on any atom is -0.449 e. The molecule has 12 rings (SSSR count). The molecule has 2 aromatic carbocycles. The van der Waals surface area contributed by atoms with Crippen molar-refractivity contribution in [2.45, 2.75) is 255 Å². The molecule has 2 saturated heterocycles. The molecule has 11 amide bonds. The fourth-order valence-corrected chi connectivity index (χ4v) is 18.0. The van der Waals surface area contributed by atoms with Gasteiger partial charge in [-0.15, -0.1) is 13.2 Å². The maximum atomic E-state index is 14.5. The van der Waals surface area contributed by atoms with E-state index >= 15 is 0 Å². The number of nitrogens with zero attached hydrogens (tertiary/aromatic N) is 4. The summed E-state index contributed by atoms with van der Waals surface area (Å²) in [4.78, 5) is 144. The maximum Gasteiger partial charge on any atom is 0.410 e. The van der Waals surface area contributed by atoms with Crippen LogP contribution in [-0.4, -0.2) is 179 Å². The number of hydrogen-bond donors (Lipinski definition) is 7. The summed E-state index contributed by atoms with van der Waals surface area (Å²) in [5.74, 6) is -5.38. The van der Waals surface area contributed by atoms with Gasteiger partial charge >= 0.3 is 24.3 Å². The molecule has 30 heteroatoms. The minimum absolute atomic E-state index is 0.0784. The number of benzene rings is 2. The lowest BCUT2D eigenvalue weighted by Gasteiger charge is -2.36. The van der Waals surface area contributed by atoms with E-state index in [1.807, 2.05) is 58.0 Å². The van der Waals surface area contributed by atoms with Gasteiger partial charge in [-0.2, -0.15) is 0 Å². The predicted molar refractivity (Wildman–Crippen MR) is 392 cm³/mol. The highest BCUT2D eigenvalue weighted by Gasteiger charge is 2.64. The fraction of sp³-hybridized carbons (Fsp3) is 0.632. The number of ether oxygens (including phenoxy) is 3. The molecule has 6 aliphatic heterocycles. The van der Waals surface area contributed by atoms with Gasteiger partial charge in [0.1, 0.15) is 47.5 Å². The number of urea groups is 1. The van der Waals surface area contributed by atoms with Gasteiger partial charge in [0.05, 0.1) is 36.7 Å². The van der Waals surface area contributed by atoms with Crippen molar-refractivity contribution in [3.63, 3.8) is 0 Å². The summed E-state index contributed by atoms with van der Waals surface area (Å²) in [6.07, 6.45) is 11.0. The van der Waals surface area contributed by atoms with Crippen LogP contribution in [0, 0.1) is 28.1 Å². The number of alkyl carbamates (subject to hydrolysis) is 1. The van der Waals surface area contributed by atoms with Crippen molar-refractivity contribution in [3.05, 3.63) is 101 Å². The Hall–Kier alpha value is -8.54. The second kappa shape index (κ2) is 29.9. The average Bonchev–Trinajstić information content (AvgIpc) is 1.58. The van der Waals surface area contributed by atoms with Crippen LogP contribution in [0.2, 0.25) is 0 Å².